The molecule has 1 aliphatic carbocycles. The molecule has 59 heavy (non-hydrogen) atoms. The molecule has 3 fully saturated rings. The first kappa shape index (κ1) is 45.7. The Kier molecular flexibility index (Phi) is 15.7. The number of phenolic OH excluding ortho intramolecular Hbond substituents is 1. The van der Waals surface area contributed by atoms with Gasteiger partial charge < -0.3 is 69.7 Å². The Morgan fingerprint density at radius 1 is 0.898 bits per heavy atom. The van der Waals surface area contributed by atoms with Crippen LogP contribution >= 0.6 is 23.2 Å². The molecule has 2 heterocycles. The van der Waals surface area contributed by atoms with Crippen molar-refractivity contribution in [3.63, 3.8) is 0 Å². The van der Waals surface area contributed by atoms with Gasteiger partial charge in [0.1, 0.15) is 55.6 Å². The van der Waals surface area contributed by atoms with Crippen molar-refractivity contribution in [2.75, 3.05) is 25.5 Å². The number of aryl methyl sites for hydroxylation is 1. The molecule has 3 aromatic rings. The fourth-order valence-corrected chi connectivity index (χ4v) is 6.86. The lowest BCUT2D eigenvalue weighted by atomic mass is 9.83. The molecule has 8 N–H and O–H groups in total. The average molecular weight is 866 g/mol. The second-order valence-corrected chi connectivity index (χ2v) is 14.6. The van der Waals surface area contributed by atoms with Gasteiger partial charge in [-0.3, -0.25) is 9.59 Å². The predicted molar refractivity (Wildman–Crippen MR) is 211 cm³/mol. The summed E-state index contributed by atoms with van der Waals surface area (Å²) in [7, 11) is 0. The smallest absolute Gasteiger partial charge is 0.342 e. The van der Waals surface area contributed by atoms with E-state index >= 15 is 0 Å². The monoisotopic (exact) mass is 864 g/mol. The number of phenols is 1. The van der Waals surface area contributed by atoms with Gasteiger partial charge in [0.2, 0.25) is 12.2 Å². The number of hydrogen-bond acceptors (Lipinski definition) is 16. The van der Waals surface area contributed by atoms with Crippen molar-refractivity contribution in [3.05, 3.63) is 86.9 Å². The first-order valence-electron chi connectivity index (χ1n) is 18.4. The van der Waals surface area contributed by atoms with Gasteiger partial charge in [-0.25, -0.2) is 4.79 Å². The summed E-state index contributed by atoms with van der Waals surface area (Å²) in [6.07, 6.45) is -10.2. The van der Waals surface area contributed by atoms with Gasteiger partial charge in [-0.15, -0.1) is 0 Å². The Balaban J connectivity index is 0.000000248. The zero-order chi connectivity index (χ0) is 43.1. The number of nitrogens with one attached hydrogen (secondary N) is 2. The Morgan fingerprint density at radius 2 is 1.59 bits per heavy atom. The summed E-state index contributed by atoms with van der Waals surface area (Å²) >= 11 is 12.5. The number of ketones is 1. The second-order valence-electron chi connectivity index (χ2n) is 13.8. The minimum Gasteiger partial charge on any atom is -0.504 e. The first-order chi connectivity index (χ1) is 28.0. The maximum Gasteiger partial charge on any atom is 0.342 e. The molecule has 1 amide bonds. The molecule has 6 rings (SSSR count). The minimum absolute atomic E-state index is 0.0877. The van der Waals surface area contributed by atoms with E-state index in [0.29, 0.717) is 39.2 Å². The summed E-state index contributed by atoms with van der Waals surface area (Å²) < 4.78 is 31.2. The number of fused-ring (bicyclic) bond motifs is 1. The number of esters is 1. The van der Waals surface area contributed by atoms with Crippen molar-refractivity contribution in [3.8, 4) is 11.5 Å². The lowest BCUT2D eigenvalue weighted by Crippen LogP contribution is -2.67. The number of aliphatic hydroxyl groups is 5. The third-order valence-corrected chi connectivity index (χ3v) is 10.5. The highest BCUT2D eigenvalue weighted by Crippen LogP contribution is 2.37. The lowest BCUT2D eigenvalue weighted by molar-refractivity contribution is -0.155. The molecular formula is C40H46Cl2N2O15. The Morgan fingerprint density at radius 3 is 2.25 bits per heavy atom. The van der Waals surface area contributed by atoms with Gasteiger partial charge in [0, 0.05) is 12.2 Å². The Bertz CT molecular complexity index is 2020. The van der Waals surface area contributed by atoms with Crippen LogP contribution in [0.15, 0.2) is 60.2 Å². The van der Waals surface area contributed by atoms with Crippen LogP contribution < -0.4 is 15.4 Å². The standard InChI is InChI=1S/C23H29NO12.C17H17Cl2NO3/c1-8(22(32)24-13-14(27)16(29)21-20(15(13)28)33-7-34-21)5-10-3-4-12(11(26)6-10)35-23-18(31)17(30)19(36-23)9(2)25;1-3-22-10-23-17(21)12-6-4-5-7-14(12)20-16-13(18)9-8-11(2)15(16)19/h3-6,13-21,23,26-31H,7H2,1-2H3,(H,24,32);4-9,20H,3,10H2,1-2H3/b8-5+;/t13-,14+,15-,16-,17-,18-,19+,20+,21-,23+;/m0./s1. The third kappa shape index (κ3) is 10.7. The zero-order valence-corrected chi connectivity index (χ0v) is 33.8. The summed E-state index contributed by atoms with van der Waals surface area (Å²) in [5, 5.41) is 68.0. The molecule has 19 heteroatoms. The van der Waals surface area contributed by atoms with Gasteiger partial charge in [-0.05, 0) is 75.2 Å². The van der Waals surface area contributed by atoms with E-state index in [1.165, 1.54) is 38.1 Å². The molecule has 0 bridgehead atoms. The van der Waals surface area contributed by atoms with E-state index < -0.39 is 78.8 Å². The normalized spacial score (nSPS) is 27.5. The van der Waals surface area contributed by atoms with Crippen LogP contribution in [0.3, 0.4) is 0 Å². The molecule has 10 atom stereocenters. The number of carbonyl (C=O) groups excluding carboxylic acids is 3. The molecule has 0 spiro atoms. The van der Waals surface area contributed by atoms with Gasteiger partial charge >= 0.3 is 5.97 Å². The van der Waals surface area contributed by atoms with E-state index in [1.54, 1.807) is 30.3 Å². The molecule has 3 aliphatic rings. The topological polar surface area (TPSA) is 252 Å². The van der Waals surface area contributed by atoms with E-state index in [1.807, 2.05) is 19.9 Å². The molecule has 1 saturated carbocycles. The van der Waals surface area contributed by atoms with Crippen LogP contribution in [0, 0.1) is 6.92 Å². The molecular weight excluding hydrogens is 819 g/mol. The number of aromatic hydroxyl groups is 1. The van der Waals surface area contributed by atoms with Gasteiger partial charge in [-0.2, -0.15) is 0 Å². The van der Waals surface area contributed by atoms with Crippen molar-refractivity contribution in [2.24, 2.45) is 0 Å². The average Bonchev–Trinajstić information content (AvgIpc) is 3.82. The summed E-state index contributed by atoms with van der Waals surface area (Å²) in [6, 6.07) is 13.5. The highest BCUT2D eigenvalue weighted by molar-refractivity contribution is 6.39. The van der Waals surface area contributed by atoms with Crippen LogP contribution in [-0.2, 0) is 33.3 Å². The molecule has 2 saturated heterocycles. The number of para-hydroxylation sites is 1. The molecule has 3 aromatic carbocycles. The number of ether oxygens (including phenoxy) is 6. The van der Waals surface area contributed by atoms with E-state index in [2.05, 4.69) is 10.6 Å². The van der Waals surface area contributed by atoms with Gasteiger partial charge in [0.05, 0.1) is 33.0 Å². The fraction of sp³-hybridized carbons (Fsp3) is 0.425. The van der Waals surface area contributed by atoms with Crippen molar-refractivity contribution >= 4 is 58.3 Å². The fourth-order valence-electron chi connectivity index (χ4n) is 6.40. The third-order valence-electron chi connectivity index (χ3n) is 9.66. The first-order valence-corrected chi connectivity index (χ1v) is 19.1. The van der Waals surface area contributed by atoms with Gasteiger partial charge in [-0.1, -0.05) is 47.5 Å². The lowest BCUT2D eigenvalue weighted by Gasteiger charge is -2.41. The van der Waals surface area contributed by atoms with E-state index in [-0.39, 0.29) is 30.7 Å². The minimum atomic E-state index is -1.51. The van der Waals surface area contributed by atoms with Crippen LogP contribution in [0.4, 0.5) is 11.4 Å². The summed E-state index contributed by atoms with van der Waals surface area (Å²) in [4.78, 5) is 36.4. The number of benzene rings is 3. The number of amides is 1. The molecule has 0 unspecified atom stereocenters. The quantitative estimate of drug-likeness (QED) is 0.0564. The SMILES string of the molecule is CC(=O)[C@H]1O[C@@H](Oc2ccc(/C=C(\C)C(=O)N[C@H]3[C@@H](O)[C@H](O)[C@@H]4OCO[C@@H]4[C@H]3O)cc2O)[C@@H](O)[C@@H]1O.CCOCOC(=O)c1ccccc1Nc1c(Cl)ccc(C)c1Cl. The molecule has 17 nitrogen and oxygen atoms in total. The van der Waals surface area contributed by atoms with Crippen molar-refractivity contribution in [2.45, 2.75) is 88.9 Å². The number of hydrogen-bond donors (Lipinski definition) is 8. The molecule has 0 radical (unpaired) electrons. The highest BCUT2D eigenvalue weighted by Gasteiger charge is 2.53. The number of anilines is 2. The number of halogens is 2. The van der Waals surface area contributed by atoms with Gasteiger partial charge in [0.25, 0.3) is 0 Å². The van der Waals surface area contributed by atoms with E-state index in [9.17, 15) is 45.0 Å². The molecule has 2 aliphatic heterocycles. The second kappa shape index (κ2) is 20.3. The zero-order valence-electron chi connectivity index (χ0n) is 32.3. The maximum absolute atomic E-state index is 12.7. The van der Waals surface area contributed by atoms with E-state index in [4.69, 9.17) is 51.6 Å². The van der Waals surface area contributed by atoms with Crippen LogP contribution in [0.2, 0.25) is 10.0 Å². The van der Waals surface area contributed by atoms with Crippen LogP contribution in [-0.4, -0.2) is 130 Å². The van der Waals surface area contributed by atoms with E-state index in [0.717, 1.165) is 5.56 Å². The number of carbonyl (C=O) groups is 3. The number of aliphatic hydroxyl groups excluding tert-OH is 5. The largest absolute Gasteiger partial charge is 0.504 e. The summed E-state index contributed by atoms with van der Waals surface area (Å²) in [6.45, 7) is 6.61. The Hall–Kier alpha value is -4.37. The van der Waals surface area contributed by atoms with Crippen LogP contribution in [0.1, 0.15) is 42.3 Å². The summed E-state index contributed by atoms with van der Waals surface area (Å²) in [5.41, 5.74) is 2.92. The van der Waals surface area contributed by atoms with Crippen LogP contribution in [0.5, 0.6) is 11.5 Å². The number of Topliss-reactive ketones (excluding diaryl/α,β-unsaturated/α-hetero) is 1. The molecule has 320 valence electrons. The van der Waals surface area contributed by atoms with Gasteiger partial charge in [0.15, 0.2) is 24.1 Å². The van der Waals surface area contributed by atoms with Crippen molar-refractivity contribution in [1.29, 1.82) is 0 Å². The highest BCUT2D eigenvalue weighted by atomic mass is 35.5. The maximum atomic E-state index is 12.7. The van der Waals surface area contributed by atoms with Crippen molar-refractivity contribution in [1.82, 2.24) is 5.32 Å². The number of rotatable bonds is 12. The summed E-state index contributed by atoms with van der Waals surface area (Å²) in [5.74, 6) is -2.07. The predicted octanol–water partition coefficient (Wildman–Crippen LogP) is 2.73. The van der Waals surface area contributed by atoms with Crippen LogP contribution in [0.25, 0.3) is 6.08 Å². The molecule has 0 aromatic heterocycles. The van der Waals surface area contributed by atoms with Crippen molar-refractivity contribution < 1.29 is 73.4 Å². The Labute approximate surface area is 349 Å².